The molecule has 1 rings (SSSR count). The Kier molecular flexibility index (Phi) is 6.64. The van der Waals surface area contributed by atoms with E-state index >= 15 is 0 Å². The summed E-state index contributed by atoms with van der Waals surface area (Å²) in [5.74, 6) is 0.245. The number of hydrogen-bond acceptors (Lipinski definition) is 6. The molecular weight excluding hydrogens is 296 g/mol. The number of anilines is 2. The zero-order valence-electron chi connectivity index (χ0n) is 12.7. The standard InChI is InChI=1S/C13H21ClN4O3/c1-5-8(20-3)7-18(13(19)21-4)11-10(15)9(6-2)16-12(14)17-11/h8H,5-7,15H2,1-4H3. The van der Waals surface area contributed by atoms with Crippen molar-refractivity contribution in [3.8, 4) is 0 Å². The van der Waals surface area contributed by atoms with Crippen LogP contribution in [-0.4, -0.2) is 42.9 Å². The Hall–Kier alpha value is -1.60. The van der Waals surface area contributed by atoms with Gasteiger partial charge < -0.3 is 15.2 Å². The van der Waals surface area contributed by atoms with Crippen molar-refractivity contribution in [1.82, 2.24) is 9.97 Å². The van der Waals surface area contributed by atoms with Crippen LogP contribution < -0.4 is 10.6 Å². The van der Waals surface area contributed by atoms with Gasteiger partial charge in [0, 0.05) is 7.11 Å². The Morgan fingerprint density at radius 3 is 2.52 bits per heavy atom. The fraction of sp³-hybridized carbons (Fsp3) is 0.615. The monoisotopic (exact) mass is 316 g/mol. The Bertz CT molecular complexity index is 495. The minimum atomic E-state index is -0.575. The van der Waals surface area contributed by atoms with E-state index < -0.39 is 6.09 Å². The summed E-state index contributed by atoms with van der Waals surface area (Å²) < 4.78 is 10.1. The van der Waals surface area contributed by atoms with Gasteiger partial charge in [-0.05, 0) is 24.4 Å². The second-order valence-electron chi connectivity index (χ2n) is 4.38. The minimum absolute atomic E-state index is 0.0374. The van der Waals surface area contributed by atoms with E-state index in [0.717, 1.165) is 6.42 Å². The summed E-state index contributed by atoms with van der Waals surface area (Å²) in [6, 6.07) is 0. The van der Waals surface area contributed by atoms with Crippen LogP contribution in [0.4, 0.5) is 16.3 Å². The molecule has 2 N–H and O–H groups in total. The summed E-state index contributed by atoms with van der Waals surface area (Å²) >= 11 is 5.91. The molecule has 8 heteroatoms. The normalized spacial score (nSPS) is 12.0. The molecule has 0 fully saturated rings. The average Bonchev–Trinajstić information content (AvgIpc) is 2.50. The van der Waals surface area contributed by atoms with Crippen LogP contribution in [0.1, 0.15) is 26.0 Å². The number of nitrogens with two attached hydrogens (primary N) is 1. The van der Waals surface area contributed by atoms with Gasteiger partial charge in [0.2, 0.25) is 5.28 Å². The molecule has 7 nitrogen and oxygen atoms in total. The van der Waals surface area contributed by atoms with Crippen molar-refractivity contribution in [3.63, 3.8) is 0 Å². The van der Waals surface area contributed by atoms with Gasteiger partial charge in [-0.1, -0.05) is 13.8 Å². The lowest BCUT2D eigenvalue weighted by Crippen LogP contribution is -2.39. The summed E-state index contributed by atoms with van der Waals surface area (Å²) in [5, 5.41) is 0.0374. The second kappa shape index (κ2) is 7.99. The van der Waals surface area contributed by atoms with Gasteiger partial charge in [-0.15, -0.1) is 0 Å². The predicted molar refractivity (Wildman–Crippen MR) is 81.7 cm³/mol. The molecule has 0 aliphatic carbocycles. The summed E-state index contributed by atoms with van der Waals surface area (Å²) in [6.45, 7) is 4.11. The summed E-state index contributed by atoms with van der Waals surface area (Å²) in [5.41, 5.74) is 6.95. The molecule has 0 saturated carbocycles. The lowest BCUT2D eigenvalue weighted by Gasteiger charge is -2.25. The first-order valence-electron chi connectivity index (χ1n) is 6.68. The third-order valence-electron chi connectivity index (χ3n) is 3.14. The predicted octanol–water partition coefficient (Wildman–Crippen LogP) is 2.27. The molecule has 1 aromatic rings. The van der Waals surface area contributed by atoms with Crippen LogP contribution in [0, 0.1) is 0 Å². The van der Waals surface area contributed by atoms with Crippen LogP contribution in [0.3, 0.4) is 0 Å². The summed E-state index contributed by atoms with van der Waals surface area (Å²) in [4.78, 5) is 21.5. The molecule has 0 aliphatic rings. The Labute approximate surface area is 129 Å². The Morgan fingerprint density at radius 1 is 1.38 bits per heavy atom. The zero-order valence-corrected chi connectivity index (χ0v) is 13.5. The number of aryl methyl sites for hydroxylation is 1. The van der Waals surface area contributed by atoms with E-state index in [2.05, 4.69) is 9.97 Å². The number of carbonyl (C=O) groups is 1. The van der Waals surface area contributed by atoms with Gasteiger partial charge in [-0.25, -0.2) is 9.78 Å². The number of hydrogen-bond donors (Lipinski definition) is 1. The molecular formula is C13H21ClN4O3. The number of amides is 1. The fourth-order valence-corrected chi connectivity index (χ4v) is 2.06. The molecule has 0 aliphatic heterocycles. The van der Waals surface area contributed by atoms with Crippen LogP contribution in [-0.2, 0) is 15.9 Å². The third-order valence-corrected chi connectivity index (χ3v) is 3.31. The third kappa shape index (κ3) is 4.18. The minimum Gasteiger partial charge on any atom is -0.452 e. The molecule has 0 aromatic carbocycles. The lowest BCUT2D eigenvalue weighted by atomic mass is 10.2. The molecule has 1 unspecified atom stereocenters. The maximum atomic E-state index is 12.0. The molecule has 1 heterocycles. The number of halogens is 1. The number of nitrogen functional groups attached to an aromatic ring is 1. The van der Waals surface area contributed by atoms with E-state index in [9.17, 15) is 4.79 Å². The second-order valence-corrected chi connectivity index (χ2v) is 4.71. The van der Waals surface area contributed by atoms with Crippen molar-refractivity contribution < 1.29 is 14.3 Å². The maximum absolute atomic E-state index is 12.0. The van der Waals surface area contributed by atoms with Crippen LogP contribution in [0.5, 0.6) is 0 Å². The van der Waals surface area contributed by atoms with Crippen LogP contribution >= 0.6 is 11.6 Å². The van der Waals surface area contributed by atoms with Crippen LogP contribution in [0.25, 0.3) is 0 Å². The Morgan fingerprint density at radius 2 is 2.05 bits per heavy atom. The molecule has 1 amide bonds. The average molecular weight is 317 g/mol. The molecule has 1 aromatic heterocycles. The molecule has 118 valence electrons. The number of nitrogens with zero attached hydrogens (tertiary/aromatic N) is 3. The maximum Gasteiger partial charge on any atom is 0.415 e. The Balaban J connectivity index is 3.26. The smallest absolute Gasteiger partial charge is 0.415 e. The van der Waals surface area contributed by atoms with Gasteiger partial charge in [-0.3, -0.25) is 4.90 Å². The molecule has 0 bridgehead atoms. The van der Waals surface area contributed by atoms with Gasteiger partial charge in [0.1, 0.15) is 0 Å². The number of carbonyl (C=O) groups excluding carboxylic acids is 1. The zero-order chi connectivity index (χ0) is 16.0. The molecule has 0 spiro atoms. The molecule has 21 heavy (non-hydrogen) atoms. The van der Waals surface area contributed by atoms with E-state index in [1.807, 2.05) is 13.8 Å². The van der Waals surface area contributed by atoms with Gasteiger partial charge in [0.25, 0.3) is 0 Å². The summed E-state index contributed by atoms with van der Waals surface area (Å²) in [6.07, 6.45) is 0.567. The SMILES string of the molecule is CCc1nc(Cl)nc(N(CC(CC)OC)C(=O)OC)c1N. The number of ether oxygens (including phenoxy) is 2. The molecule has 0 radical (unpaired) electrons. The van der Waals surface area contributed by atoms with E-state index in [1.165, 1.54) is 12.0 Å². The highest BCUT2D eigenvalue weighted by atomic mass is 35.5. The first kappa shape index (κ1) is 17.5. The highest BCUT2D eigenvalue weighted by Crippen LogP contribution is 2.26. The first-order chi connectivity index (χ1) is 9.98. The van der Waals surface area contributed by atoms with Gasteiger partial charge >= 0.3 is 6.09 Å². The highest BCUT2D eigenvalue weighted by molar-refractivity contribution is 6.28. The first-order valence-corrected chi connectivity index (χ1v) is 7.06. The largest absolute Gasteiger partial charge is 0.452 e. The van der Waals surface area contributed by atoms with E-state index in [0.29, 0.717) is 17.8 Å². The van der Waals surface area contributed by atoms with E-state index in [1.54, 1.807) is 7.11 Å². The lowest BCUT2D eigenvalue weighted by molar-refractivity contribution is 0.102. The van der Waals surface area contributed by atoms with E-state index in [-0.39, 0.29) is 23.8 Å². The number of aromatic nitrogens is 2. The van der Waals surface area contributed by atoms with Crippen molar-refractivity contribution in [3.05, 3.63) is 11.0 Å². The van der Waals surface area contributed by atoms with Crippen molar-refractivity contribution in [2.75, 3.05) is 31.4 Å². The van der Waals surface area contributed by atoms with Gasteiger partial charge in [-0.2, -0.15) is 4.98 Å². The summed E-state index contributed by atoms with van der Waals surface area (Å²) in [7, 11) is 2.88. The van der Waals surface area contributed by atoms with Gasteiger partial charge in [0.15, 0.2) is 5.82 Å². The van der Waals surface area contributed by atoms with E-state index in [4.69, 9.17) is 26.8 Å². The topological polar surface area (TPSA) is 90.6 Å². The van der Waals surface area contributed by atoms with Crippen LogP contribution in [0.2, 0.25) is 5.28 Å². The molecule has 1 atom stereocenters. The van der Waals surface area contributed by atoms with Crippen molar-refractivity contribution in [1.29, 1.82) is 0 Å². The molecule has 0 saturated heterocycles. The van der Waals surface area contributed by atoms with Crippen molar-refractivity contribution in [2.24, 2.45) is 0 Å². The van der Waals surface area contributed by atoms with Crippen molar-refractivity contribution >= 4 is 29.2 Å². The van der Waals surface area contributed by atoms with Crippen molar-refractivity contribution in [2.45, 2.75) is 32.8 Å². The quantitative estimate of drug-likeness (QED) is 0.810. The number of methoxy groups -OCH3 is 2. The van der Waals surface area contributed by atoms with Gasteiger partial charge in [0.05, 0.1) is 31.1 Å². The van der Waals surface area contributed by atoms with Crippen LogP contribution in [0.15, 0.2) is 0 Å². The highest BCUT2D eigenvalue weighted by Gasteiger charge is 2.25. The fourth-order valence-electron chi connectivity index (χ4n) is 1.88. The number of rotatable bonds is 6.